The van der Waals surface area contributed by atoms with Crippen LogP contribution in [0.3, 0.4) is 0 Å². The molecular formula is C13H19NO4S. The van der Waals surface area contributed by atoms with E-state index in [0.29, 0.717) is 5.57 Å². The van der Waals surface area contributed by atoms with Crippen molar-refractivity contribution in [3.05, 3.63) is 11.1 Å². The summed E-state index contributed by atoms with van der Waals surface area (Å²) in [4.78, 5) is 36.9. The summed E-state index contributed by atoms with van der Waals surface area (Å²) < 4.78 is 0. The lowest BCUT2D eigenvalue weighted by atomic mass is 9.84. The minimum atomic E-state index is -1.10. The molecule has 0 unspecified atom stereocenters. The van der Waals surface area contributed by atoms with Crippen LogP contribution < -0.4 is 0 Å². The van der Waals surface area contributed by atoms with E-state index in [4.69, 9.17) is 5.11 Å². The molecule has 0 saturated carbocycles. The van der Waals surface area contributed by atoms with E-state index in [1.54, 1.807) is 34.1 Å². The Kier molecular flexibility index (Phi) is 4.45. The van der Waals surface area contributed by atoms with E-state index in [1.807, 2.05) is 0 Å². The van der Waals surface area contributed by atoms with E-state index in [2.05, 4.69) is 0 Å². The lowest BCUT2D eigenvalue weighted by Crippen LogP contribution is -2.33. The first-order valence-corrected chi connectivity index (χ1v) is 7.19. The van der Waals surface area contributed by atoms with E-state index in [0.717, 1.165) is 0 Å². The summed E-state index contributed by atoms with van der Waals surface area (Å²) in [6.45, 7) is 5.29. The largest absolute Gasteiger partial charge is 0.481 e. The molecule has 0 bridgehead atoms. The Labute approximate surface area is 117 Å². The monoisotopic (exact) mass is 285 g/mol. The molecule has 1 rings (SSSR count). The number of hydrogen-bond donors (Lipinski definition) is 1. The number of carboxylic acid groups (broad SMARTS) is 1. The van der Waals surface area contributed by atoms with Gasteiger partial charge in [-0.25, -0.2) is 0 Å². The van der Waals surface area contributed by atoms with Gasteiger partial charge in [0.15, 0.2) is 5.78 Å². The minimum absolute atomic E-state index is 0.120. The molecule has 0 fully saturated rings. The smallest absolute Gasteiger partial charge is 0.308 e. The highest BCUT2D eigenvalue weighted by Crippen LogP contribution is 2.37. The van der Waals surface area contributed by atoms with Crippen LogP contribution in [0.1, 0.15) is 27.2 Å². The maximum atomic E-state index is 12.5. The fourth-order valence-electron chi connectivity index (χ4n) is 2.03. The molecule has 1 aliphatic heterocycles. The predicted octanol–water partition coefficient (Wildman–Crippen LogP) is 1.53. The predicted molar refractivity (Wildman–Crippen MR) is 73.8 cm³/mol. The van der Waals surface area contributed by atoms with E-state index >= 15 is 0 Å². The van der Waals surface area contributed by atoms with Gasteiger partial charge >= 0.3 is 5.97 Å². The van der Waals surface area contributed by atoms with Crippen molar-refractivity contribution in [3.8, 4) is 0 Å². The van der Waals surface area contributed by atoms with E-state index in [-0.39, 0.29) is 17.3 Å². The van der Waals surface area contributed by atoms with E-state index in [9.17, 15) is 14.4 Å². The molecule has 1 N–H and O–H groups in total. The molecule has 106 valence electrons. The molecule has 0 radical (unpaired) electrons. The second-order valence-corrected chi connectivity index (χ2v) is 6.46. The molecule has 0 spiro atoms. The quantitative estimate of drug-likeness (QED) is 0.848. The zero-order valence-corrected chi connectivity index (χ0v) is 12.6. The van der Waals surface area contributed by atoms with Crippen LogP contribution in [0.5, 0.6) is 0 Å². The number of aliphatic carboxylic acids is 1. The van der Waals surface area contributed by atoms with Crippen LogP contribution in [0.2, 0.25) is 0 Å². The molecule has 0 aromatic rings. The number of nitrogens with zero attached hydrogens (tertiary/aromatic N) is 1. The van der Waals surface area contributed by atoms with Crippen LogP contribution in [0.4, 0.5) is 0 Å². The molecule has 1 amide bonds. The van der Waals surface area contributed by atoms with Gasteiger partial charge in [-0.05, 0) is 6.26 Å². The van der Waals surface area contributed by atoms with Crippen molar-refractivity contribution in [3.63, 3.8) is 0 Å². The highest BCUT2D eigenvalue weighted by molar-refractivity contribution is 7.99. The first kappa shape index (κ1) is 15.8. The number of ketones is 1. The van der Waals surface area contributed by atoms with Crippen molar-refractivity contribution in [1.29, 1.82) is 0 Å². The number of Topliss-reactive ketones (excluding diaryl/α,β-unsaturated/α-hetero) is 1. The first-order chi connectivity index (χ1) is 8.61. The van der Waals surface area contributed by atoms with Gasteiger partial charge in [-0.2, -0.15) is 0 Å². The van der Waals surface area contributed by atoms with Gasteiger partial charge in [-0.1, -0.05) is 20.8 Å². The van der Waals surface area contributed by atoms with Crippen LogP contribution in [-0.2, 0) is 14.4 Å². The van der Waals surface area contributed by atoms with Gasteiger partial charge in [0.1, 0.15) is 5.37 Å². The van der Waals surface area contributed by atoms with E-state index in [1.165, 1.54) is 16.7 Å². The fourth-order valence-corrected chi connectivity index (χ4v) is 2.93. The van der Waals surface area contributed by atoms with Crippen molar-refractivity contribution < 1.29 is 19.5 Å². The summed E-state index contributed by atoms with van der Waals surface area (Å²) >= 11 is 1.36. The molecule has 0 saturated heterocycles. The third-order valence-corrected chi connectivity index (χ3v) is 3.98. The molecule has 0 aromatic heterocycles. The van der Waals surface area contributed by atoms with Crippen molar-refractivity contribution >= 4 is 29.4 Å². The molecule has 0 aliphatic carbocycles. The average molecular weight is 285 g/mol. The Morgan fingerprint density at radius 1 is 1.37 bits per heavy atom. The van der Waals surface area contributed by atoms with Crippen molar-refractivity contribution in [2.75, 3.05) is 13.3 Å². The number of thioether (sulfide) groups is 1. The van der Waals surface area contributed by atoms with Crippen molar-refractivity contribution in [1.82, 2.24) is 4.90 Å². The second-order valence-electron chi connectivity index (χ2n) is 5.55. The fraction of sp³-hybridized carbons (Fsp3) is 0.615. The summed E-state index contributed by atoms with van der Waals surface area (Å²) in [5.41, 5.74) is -0.178. The molecule has 19 heavy (non-hydrogen) atoms. The maximum Gasteiger partial charge on any atom is 0.308 e. The molecule has 6 heteroatoms. The molecular weight excluding hydrogens is 266 g/mol. The summed E-state index contributed by atoms with van der Waals surface area (Å²) in [7, 11) is 1.59. The Bertz CT molecular complexity index is 462. The van der Waals surface area contributed by atoms with Gasteiger partial charge in [0.25, 0.3) is 5.91 Å². The van der Waals surface area contributed by atoms with Gasteiger partial charge in [-0.3, -0.25) is 14.4 Å². The third kappa shape index (κ3) is 3.00. The van der Waals surface area contributed by atoms with Gasteiger partial charge in [0, 0.05) is 23.6 Å². The van der Waals surface area contributed by atoms with Crippen molar-refractivity contribution in [2.24, 2.45) is 5.41 Å². The number of likely N-dealkylation sites (N-methyl/N-ethyl adjacent to an activating group) is 1. The average Bonchev–Trinajstić information content (AvgIpc) is 2.50. The molecule has 1 heterocycles. The summed E-state index contributed by atoms with van der Waals surface area (Å²) in [5.74, 6) is -1.63. The number of hydrogen-bond acceptors (Lipinski definition) is 4. The lowest BCUT2D eigenvalue weighted by molar-refractivity contribution is -0.137. The van der Waals surface area contributed by atoms with Gasteiger partial charge < -0.3 is 10.0 Å². The number of rotatable bonds is 4. The van der Waals surface area contributed by atoms with Crippen LogP contribution in [0.15, 0.2) is 11.1 Å². The molecule has 1 aliphatic rings. The SMILES string of the molecule is CS[C@@H]1C(C(=O)C(C)(C)C)=C(CC(=O)O)C(=O)N1C. The Morgan fingerprint density at radius 2 is 1.89 bits per heavy atom. The summed E-state index contributed by atoms with van der Waals surface area (Å²) in [5, 5.41) is 8.52. The molecule has 0 aromatic carbocycles. The summed E-state index contributed by atoms with van der Waals surface area (Å²) in [6, 6.07) is 0. The van der Waals surface area contributed by atoms with Crippen LogP contribution in [0.25, 0.3) is 0 Å². The zero-order chi connectivity index (χ0) is 15.0. The first-order valence-electron chi connectivity index (χ1n) is 5.90. The highest BCUT2D eigenvalue weighted by Gasteiger charge is 2.43. The normalized spacial score (nSPS) is 20.2. The summed E-state index contributed by atoms with van der Waals surface area (Å²) in [6.07, 6.45) is 1.39. The lowest BCUT2D eigenvalue weighted by Gasteiger charge is -2.24. The van der Waals surface area contributed by atoms with Gasteiger partial charge in [0.2, 0.25) is 0 Å². The topological polar surface area (TPSA) is 74.7 Å². The van der Waals surface area contributed by atoms with Crippen LogP contribution in [0, 0.1) is 5.41 Å². The number of carbonyl (C=O) groups excluding carboxylic acids is 2. The second kappa shape index (κ2) is 5.36. The standard InChI is InChI=1S/C13H19NO4S/c1-13(2,3)10(17)9-7(6-8(15)16)11(18)14(4)12(9)19-5/h12H,6H2,1-5H3,(H,15,16)/t12-/m1/s1. The number of amides is 1. The maximum absolute atomic E-state index is 12.5. The highest BCUT2D eigenvalue weighted by atomic mass is 32.2. The third-order valence-electron chi connectivity index (χ3n) is 2.98. The van der Waals surface area contributed by atoms with Crippen LogP contribution >= 0.6 is 11.8 Å². The van der Waals surface area contributed by atoms with Gasteiger partial charge in [0.05, 0.1) is 6.42 Å². The Morgan fingerprint density at radius 3 is 2.26 bits per heavy atom. The number of carboxylic acids is 1. The Balaban J connectivity index is 3.36. The minimum Gasteiger partial charge on any atom is -0.481 e. The zero-order valence-electron chi connectivity index (χ0n) is 11.8. The molecule has 1 atom stereocenters. The van der Waals surface area contributed by atoms with Gasteiger partial charge in [-0.15, -0.1) is 11.8 Å². The van der Waals surface area contributed by atoms with Crippen molar-refractivity contribution in [2.45, 2.75) is 32.6 Å². The van der Waals surface area contributed by atoms with E-state index < -0.39 is 23.2 Å². The number of carbonyl (C=O) groups is 3. The van der Waals surface area contributed by atoms with Crippen LogP contribution in [-0.4, -0.2) is 46.3 Å². The molecule has 5 nitrogen and oxygen atoms in total. The Hall–Kier alpha value is -1.30.